The number of hydrogen-bond acceptors (Lipinski definition) is 1. The number of hydrogen-bond donors (Lipinski definition) is 0. The number of rotatable bonds is 0. The van der Waals surface area contributed by atoms with Crippen LogP contribution in [0.3, 0.4) is 0 Å². The van der Waals surface area contributed by atoms with Crippen LogP contribution in [0.2, 0.25) is 0 Å². The van der Waals surface area contributed by atoms with Gasteiger partial charge in [-0.05, 0) is 28.5 Å². The molecule has 0 aliphatic carbocycles. The van der Waals surface area contributed by atoms with Gasteiger partial charge in [-0.25, -0.2) is 4.39 Å². The molecular formula is C14H17FNOP. The van der Waals surface area contributed by atoms with Crippen molar-refractivity contribution in [2.75, 3.05) is 0 Å². The largest absolute Gasteiger partial charge is 0.318 e. The Bertz CT molecular complexity index is 683. The maximum atomic E-state index is 13.7. The quantitative estimate of drug-likeness (QED) is 0.671. The van der Waals surface area contributed by atoms with E-state index < -0.39 is 0 Å². The SMILES string of the molecule is Cn1cc(C(C)(C)C)c2cc(F)c(P)cc2c1=O. The number of halogens is 1. The van der Waals surface area contributed by atoms with Crippen LogP contribution in [0.15, 0.2) is 23.1 Å². The van der Waals surface area contributed by atoms with Gasteiger partial charge in [0.15, 0.2) is 0 Å². The van der Waals surface area contributed by atoms with Crippen LogP contribution in [0, 0.1) is 5.82 Å². The van der Waals surface area contributed by atoms with Crippen molar-refractivity contribution in [1.29, 1.82) is 0 Å². The van der Waals surface area contributed by atoms with Crippen LogP contribution in [0.1, 0.15) is 26.3 Å². The minimum absolute atomic E-state index is 0.0956. The van der Waals surface area contributed by atoms with E-state index in [9.17, 15) is 9.18 Å². The molecule has 0 spiro atoms. The number of nitrogens with zero attached hydrogens (tertiary/aromatic N) is 1. The second-order valence-electron chi connectivity index (χ2n) is 5.63. The molecule has 0 saturated carbocycles. The fraction of sp³-hybridized carbons (Fsp3) is 0.357. The monoisotopic (exact) mass is 265 g/mol. The molecular weight excluding hydrogens is 248 g/mol. The molecule has 1 atom stereocenters. The van der Waals surface area contributed by atoms with E-state index in [0.29, 0.717) is 16.1 Å². The van der Waals surface area contributed by atoms with E-state index in [1.165, 1.54) is 6.07 Å². The molecule has 0 bridgehead atoms. The van der Waals surface area contributed by atoms with Crippen molar-refractivity contribution < 1.29 is 4.39 Å². The molecule has 0 aliphatic rings. The van der Waals surface area contributed by atoms with Gasteiger partial charge in [0.2, 0.25) is 0 Å². The van der Waals surface area contributed by atoms with E-state index in [0.717, 1.165) is 5.56 Å². The van der Waals surface area contributed by atoms with Crippen molar-refractivity contribution in [2.24, 2.45) is 7.05 Å². The zero-order valence-corrected chi connectivity index (χ0v) is 12.2. The number of pyridine rings is 1. The second-order valence-corrected chi connectivity index (χ2v) is 6.25. The Morgan fingerprint density at radius 2 is 1.83 bits per heavy atom. The van der Waals surface area contributed by atoms with Gasteiger partial charge in [0.1, 0.15) is 5.82 Å². The summed E-state index contributed by atoms with van der Waals surface area (Å²) >= 11 is 0. The van der Waals surface area contributed by atoms with Crippen LogP contribution in [0.25, 0.3) is 10.8 Å². The highest BCUT2D eigenvalue weighted by Gasteiger charge is 2.20. The third kappa shape index (κ3) is 2.08. The van der Waals surface area contributed by atoms with Gasteiger partial charge in [-0.15, -0.1) is 9.24 Å². The lowest BCUT2D eigenvalue weighted by atomic mass is 9.85. The Morgan fingerprint density at radius 1 is 1.22 bits per heavy atom. The maximum Gasteiger partial charge on any atom is 0.258 e. The molecule has 1 aromatic carbocycles. The van der Waals surface area contributed by atoms with E-state index in [2.05, 4.69) is 30.0 Å². The first-order valence-corrected chi connectivity index (χ1v) is 6.38. The molecule has 1 unspecified atom stereocenters. The summed E-state index contributed by atoms with van der Waals surface area (Å²) in [5.41, 5.74) is 0.739. The summed E-state index contributed by atoms with van der Waals surface area (Å²) < 4.78 is 15.3. The van der Waals surface area contributed by atoms with Crippen molar-refractivity contribution in [1.82, 2.24) is 4.57 Å². The van der Waals surface area contributed by atoms with Crippen LogP contribution in [0.4, 0.5) is 4.39 Å². The zero-order valence-electron chi connectivity index (χ0n) is 11.0. The number of aromatic nitrogens is 1. The predicted octanol–water partition coefficient (Wildman–Crippen LogP) is 2.48. The zero-order chi connectivity index (χ0) is 13.7. The highest BCUT2D eigenvalue weighted by Crippen LogP contribution is 2.28. The molecule has 2 rings (SSSR count). The minimum Gasteiger partial charge on any atom is -0.318 e. The van der Waals surface area contributed by atoms with Gasteiger partial charge in [-0.2, -0.15) is 0 Å². The Hall–Kier alpha value is -1.21. The van der Waals surface area contributed by atoms with Crippen LogP contribution in [-0.2, 0) is 12.5 Å². The maximum absolute atomic E-state index is 13.7. The van der Waals surface area contributed by atoms with Crippen molar-refractivity contribution in [3.8, 4) is 0 Å². The molecule has 18 heavy (non-hydrogen) atoms. The standard InChI is InChI=1S/C14H17FNOP/c1-14(2,3)10-7-16(4)13(17)9-6-12(18)11(15)5-8(9)10/h5-7H,18H2,1-4H3. The lowest BCUT2D eigenvalue weighted by Crippen LogP contribution is -2.23. The highest BCUT2D eigenvalue weighted by atomic mass is 31.0. The minimum atomic E-state index is -0.300. The van der Waals surface area contributed by atoms with Gasteiger partial charge in [-0.1, -0.05) is 20.8 Å². The van der Waals surface area contributed by atoms with Gasteiger partial charge < -0.3 is 4.57 Å². The first kappa shape index (κ1) is 13.2. The van der Waals surface area contributed by atoms with E-state index in [1.807, 2.05) is 0 Å². The van der Waals surface area contributed by atoms with E-state index >= 15 is 0 Å². The number of aryl methyl sites for hydroxylation is 1. The highest BCUT2D eigenvalue weighted by molar-refractivity contribution is 7.27. The number of fused-ring (bicyclic) bond motifs is 1. The molecule has 0 amide bonds. The molecule has 1 aromatic heterocycles. The normalized spacial score (nSPS) is 12.1. The van der Waals surface area contributed by atoms with Gasteiger partial charge in [0, 0.05) is 23.9 Å². The molecule has 96 valence electrons. The topological polar surface area (TPSA) is 22.0 Å². The number of benzene rings is 1. The summed E-state index contributed by atoms with van der Waals surface area (Å²) in [6, 6.07) is 3.06. The Morgan fingerprint density at radius 3 is 2.39 bits per heavy atom. The van der Waals surface area contributed by atoms with Crippen LogP contribution < -0.4 is 10.9 Å². The molecule has 0 saturated heterocycles. The van der Waals surface area contributed by atoms with Gasteiger partial charge in [0.05, 0.1) is 0 Å². The van der Waals surface area contributed by atoms with E-state index in [4.69, 9.17) is 0 Å². The third-order valence-corrected chi connectivity index (χ3v) is 3.55. The Kier molecular flexibility index (Phi) is 3.06. The van der Waals surface area contributed by atoms with Crippen LogP contribution in [-0.4, -0.2) is 4.57 Å². The molecule has 4 heteroatoms. The van der Waals surface area contributed by atoms with E-state index in [1.54, 1.807) is 23.9 Å². The summed E-state index contributed by atoms with van der Waals surface area (Å²) in [6.45, 7) is 6.16. The summed E-state index contributed by atoms with van der Waals surface area (Å²) in [6.07, 6.45) is 1.80. The fourth-order valence-electron chi connectivity index (χ4n) is 2.10. The summed E-state index contributed by atoms with van der Waals surface area (Å²) in [7, 11) is 4.05. The lowest BCUT2D eigenvalue weighted by molar-refractivity contribution is 0.586. The van der Waals surface area contributed by atoms with Crippen molar-refractivity contribution in [3.05, 3.63) is 40.1 Å². The van der Waals surface area contributed by atoms with Crippen molar-refractivity contribution in [2.45, 2.75) is 26.2 Å². The average molecular weight is 265 g/mol. The lowest BCUT2D eigenvalue weighted by Gasteiger charge is -2.22. The van der Waals surface area contributed by atoms with Crippen molar-refractivity contribution >= 4 is 25.3 Å². The molecule has 0 fully saturated rings. The summed E-state index contributed by atoms with van der Waals surface area (Å²) in [5, 5.41) is 1.69. The summed E-state index contributed by atoms with van der Waals surface area (Å²) in [4.78, 5) is 12.1. The van der Waals surface area contributed by atoms with Gasteiger partial charge >= 0.3 is 0 Å². The second kappa shape index (κ2) is 4.17. The predicted molar refractivity (Wildman–Crippen MR) is 77.2 cm³/mol. The Balaban J connectivity index is 3.02. The molecule has 0 aliphatic heterocycles. The first-order valence-electron chi connectivity index (χ1n) is 5.80. The van der Waals surface area contributed by atoms with Crippen molar-refractivity contribution in [3.63, 3.8) is 0 Å². The van der Waals surface area contributed by atoms with E-state index in [-0.39, 0.29) is 16.8 Å². The average Bonchev–Trinajstić information content (AvgIpc) is 2.25. The van der Waals surface area contributed by atoms with Crippen LogP contribution >= 0.6 is 9.24 Å². The molecule has 0 N–H and O–H groups in total. The molecule has 1 heterocycles. The Labute approximate surface area is 108 Å². The third-order valence-electron chi connectivity index (χ3n) is 3.11. The summed E-state index contributed by atoms with van der Waals surface area (Å²) in [5.74, 6) is -0.300. The van der Waals surface area contributed by atoms with Crippen LogP contribution in [0.5, 0.6) is 0 Å². The first-order chi connectivity index (χ1) is 8.21. The van der Waals surface area contributed by atoms with Gasteiger partial charge in [-0.3, -0.25) is 4.79 Å². The fourth-order valence-corrected chi connectivity index (χ4v) is 2.35. The smallest absolute Gasteiger partial charge is 0.258 e. The van der Waals surface area contributed by atoms with Gasteiger partial charge in [0.25, 0.3) is 5.56 Å². The molecule has 0 radical (unpaired) electrons. The molecule has 2 nitrogen and oxygen atoms in total. The molecule has 2 aromatic rings.